The molecule has 2 atom stereocenters. The van der Waals surface area contributed by atoms with Gasteiger partial charge < -0.3 is 15.5 Å². The number of unbranched alkanes of at least 4 members (excludes halogenated alkanes) is 3. The maximum absolute atomic E-state index is 10.8. The predicted octanol–water partition coefficient (Wildman–Crippen LogP) is 0.815. The van der Waals surface area contributed by atoms with Gasteiger partial charge in [-0.2, -0.15) is 0 Å². The highest BCUT2D eigenvalue weighted by molar-refractivity contribution is 5.73. The first-order chi connectivity index (χ1) is 7.11. The average molecular weight is 217 g/mol. The molecule has 4 heteroatoms. The van der Waals surface area contributed by atoms with E-state index in [0.717, 1.165) is 25.7 Å². The number of aliphatic hydroxyl groups excluding tert-OH is 2. The van der Waals surface area contributed by atoms with Crippen LogP contribution in [0.15, 0.2) is 0 Å². The van der Waals surface area contributed by atoms with Gasteiger partial charge in [-0.15, -0.1) is 0 Å². The molecular weight excluding hydrogens is 194 g/mol. The smallest absolute Gasteiger partial charge is 0.217 e. The van der Waals surface area contributed by atoms with Gasteiger partial charge in [-0.1, -0.05) is 32.6 Å². The van der Waals surface area contributed by atoms with Crippen LogP contribution in [-0.4, -0.2) is 34.9 Å². The second-order valence-corrected chi connectivity index (χ2v) is 3.91. The first kappa shape index (κ1) is 14.4. The van der Waals surface area contributed by atoms with Gasteiger partial charge in [0.15, 0.2) is 0 Å². The van der Waals surface area contributed by atoms with E-state index in [2.05, 4.69) is 12.2 Å². The highest BCUT2D eigenvalue weighted by Gasteiger charge is 2.18. The minimum atomic E-state index is -0.643. The van der Waals surface area contributed by atoms with Crippen LogP contribution in [0, 0.1) is 0 Å². The van der Waals surface area contributed by atoms with E-state index in [1.54, 1.807) is 0 Å². The van der Waals surface area contributed by atoms with Crippen molar-refractivity contribution in [1.29, 1.82) is 0 Å². The zero-order chi connectivity index (χ0) is 11.7. The standard InChI is InChI=1S/C11H23NO3/c1-3-4-5-6-7-11(15)10(8-13)12-9(2)14/h10-11,13,15H,3-8H2,1-2H3,(H,12,14). The Bertz CT molecular complexity index is 173. The van der Waals surface area contributed by atoms with E-state index >= 15 is 0 Å². The molecule has 0 bridgehead atoms. The second kappa shape index (κ2) is 8.68. The fourth-order valence-corrected chi connectivity index (χ4v) is 1.51. The minimum Gasteiger partial charge on any atom is -0.394 e. The van der Waals surface area contributed by atoms with Crippen molar-refractivity contribution in [2.45, 2.75) is 58.1 Å². The van der Waals surface area contributed by atoms with Gasteiger partial charge in [0.1, 0.15) is 0 Å². The van der Waals surface area contributed by atoms with Crippen LogP contribution >= 0.6 is 0 Å². The van der Waals surface area contributed by atoms with Crippen LogP contribution in [0.1, 0.15) is 46.0 Å². The quantitative estimate of drug-likeness (QED) is 0.527. The molecule has 0 saturated heterocycles. The molecule has 0 aliphatic carbocycles. The first-order valence-electron chi connectivity index (χ1n) is 5.67. The number of rotatable bonds is 8. The molecule has 0 aliphatic rings. The van der Waals surface area contributed by atoms with E-state index in [9.17, 15) is 9.90 Å². The Morgan fingerprint density at radius 2 is 2.00 bits per heavy atom. The van der Waals surface area contributed by atoms with E-state index in [-0.39, 0.29) is 12.5 Å². The Balaban J connectivity index is 3.72. The molecule has 2 unspecified atom stereocenters. The Kier molecular flexibility index (Phi) is 8.33. The molecule has 0 aromatic rings. The molecule has 0 fully saturated rings. The monoisotopic (exact) mass is 217 g/mol. The summed E-state index contributed by atoms with van der Waals surface area (Å²) in [6.07, 6.45) is 4.33. The van der Waals surface area contributed by atoms with Crippen molar-refractivity contribution in [2.75, 3.05) is 6.61 Å². The third-order valence-electron chi connectivity index (χ3n) is 2.40. The largest absolute Gasteiger partial charge is 0.394 e. The number of amides is 1. The fraction of sp³-hybridized carbons (Fsp3) is 0.909. The molecule has 15 heavy (non-hydrogen) atoms. The summed E-state index contributed by atoms with van der Waals surface area (Å²) in [5.74, 6) is -0.221. The first-order valence-corrected chi connectivity index (χ1v) is 5.67. The van der Waals surface area contributed by atoms with Gasteiger partial charge in [0.05, 0.1) is 18.8 Å². The summed E-state index contributed by atoms with van der Waals surface area (Å²) < 4.78 is 0. The van der Waals surface area contributed by atoms with Crippen molar-refractivity contribution in [3.05, 3.63) is 0 Å². The lowest BCUT2D eigenvalue weighted by Gasteiger charge is -2.21. The van der Waals surface area contributed by atoms with Crippen molar-refractivity contribution >= 4 is 5.91 Å². The van der Waals surface area contributed by atoms with Crippen molar-refractivity contribution in [2.24, 2.45) is 0 Å². The van der Waals surface area contributed by atoms with Crippen molar-refractivity contribution in [3.8, 4) is 0 Å². The topological polar surface area (TPSA) is 69.6 Å². The Morgan fingerprint density at radius 3 is 2.47 bits per heavy atom. The van der Waals surface area contributed by atoms with Gasteiger partial charge in [0, 0.05) is 6.92 Å². The van der Waals surface area contributed by atoms with Crippen LogP contribution in [0.3, 0.4) is 0 Å². The number of hydrogen-bond donors (Lipinski definition) is 3. The fourth-order valence-electron chi connectivity index (χ4n) is 1.51. The molecule has 0 rings (SSSR count). The maximum Gasteiger partial charge on any atom is 0.217 e. The lowest BCUT2D eigenvalue weighted by Crippen LogP contribution is -2.44. The molecule has 0 radical (unpaired) electrons. The van der Waals surface area contributed by atoms with Gasteiger partial charge >= 0.3 is 0 Å². The summed E-state index contributed by atoms with van der Waals surface area (Å²) in [7, 11) is 0. The molecule has 0 aromatic heterocycles. The summed E-state index contributed by atoms with van der Waals surface area (Å²) in [6, 6.07) is -0.524. The maximum atomic E-state index is 10.8. The Hall–Kier alpha value is -0.610. The zero-order valence-corrected chi connectivity index (χ0v) is 9.70. The molecule has 0 aliphatic heterocycles. The van der Waals surface area contributed by atoms with E-state index in [1.165, 1.54) is 6.92 Å². The van der Waals surface area contributed by atoms with Crippen LogP contribution in [0.4, 0.5) is 0 Å². The number of carbonyl (C=O) groups is 1. The van der Waals surface area contributed by atoms with Gasteiger partial charge in [0.2, 0.25) is 5.91 Å². The summed E-state index contributed by atoms with van der Waals surface area (Å²) in [5, 5.41) is 21.2. The zero-order valence-electron chi connectivity index (χ0n) is 9.70. The van der Waals surface area contributed by atoms with Crippen LogP contribution in [-0.2, 0) is 4.79 Å². The molecule has 0 saturated carbocycles. The third-order valence-corrected chi connectivity index (χ3v) is 2.40. The lowest BCUT2D eigenvalue weighted by molar-refractivity contribution is -0.121. The highest BCUT2D eigenvalue weighted by atomic mass is 16.3. The molecule has 0 heterocycles. The Labute approximate surface area is 91.7 Å². The SMILES string of the molecule is CCCCCCC(O)C(CO)NC(C)=O. The molecule has 4 nitrogen and oxygen atoms in total. The molecule has 3 N–H and O–H groups in total. The van der Waals surface area contributed by atoms with Crippen LogP contribution in [0.2, 0.25) is 0 Å². The number of hydrogen-bond acceptors (Lipinski definition) is 3. The molecule has 0 aromatic carbocycles. The number of carbonyl (C=O) groups excluding carboxylic acids is 1. The van der Waals surface area contributed by atoms with Crippen LogP contribution < -0.4 is 5.32 Å². The van der Waals surface area contributed by atoms with Gasteiger partial charge in [-0.3, -0.25) is 4.79 Å². The van der Waals surface area contributed by atoms with Gasteiger partial charge in [0.25, 0.3) is 0 Å². The van der Waals surface area contributed by atoms with Gasteiger partial charge in [-0.05, 0) is 6.42 Å². The Morgan fingerprint density at radius 1 is 1.33 bits per heavy atom. The molecule has 0 spiro atoms. The van der Waals surface area contributed by atoms with Crippen molar-refractivity contribution < 1.29 is 15.0 Å². The summed E-state index contributed by atoms with van der Waals surface area (Å²) >= 11 is 0. The minimum absolute atomic E-state index is 0.214. The van der Waals surface area contributed by atoms with Crippen LogP contribution in [0.25, 0.3) is 0 Å². The molecular formula is C11H23NO3. The highest BCUT2D eigenvalue weighted by Crippen LogP contribution is 2.08. The molecule has 90 valence electrons. The normalized spacial score (nSPS) is 14.7. The van der Waals surface area contributed by atoms with Gasteiger partial charge in [-0.25, -0.2) is 0 Å². The van der Waals surface area contributed by atoms with Crippen LogP contribution in [0.5, 0.6) is 0 Å². The number of aliphatic hydroxyl groups is 2. The summed E-state index contributed by atoms with van der Waals surface area (Å²) in [4.78, 5) is 10.8. The summed E-state index contributed by atoms with van der Waals surface area (Å²) in [5.41, 5.74) is 0. The predicted molar refractivity (Wildman–Crippen MR) is 59.5 cm³/mol. The number of nitrogens with one attached hydrogen (secondary N) is 1. The van der Waals surface area contributed by atoms with E-state index in [0.29, 0.717) is 6.42 Å². The summed E-state index contributed by atoms with van der Waals surface area (Å²) in [6.45, 7) is 3.30. The van der Waals surface area contributed by atoms with E-state index in [4.69, 9.17) is 5.11 Å². The average Bonchev–Trinajstić information content (AvgIpc) is 2.20. The van der Waals surface area contributed by atoms with Crippen molar-refractivity contribution in [3.63, 3.8) is 0 Å². The van der Waals surface area contributed by atoms with E-state index in [1.807, 2.05) is 0 Å². The second-order valence-electron chi connectivity index (χ2n) is 3.91. The lowest BCUT2D eigenvalue weighted by atomic mass is 10.0. The van der Waals surface area contributed by atoms with E-state index < -0.39 is 12.1 Å². The molecule has 1 amide bonds. The van der Waals surface area contributed by atoms with Crippen molar-refractivity contribution in [1.82, 2.24) is 5.32 Å². The third kappa shape index (κ3) is 7.33.